The van der Waals surface area contributed by atoms with Crippen LogP contribution in [0.5, 0.6) is 0 Å². The average Bonchev–Trinajstić information content (AvgIpc) is 2.43. The van der Waals surface area contributed by atoms with E-state index in [0.717, 1.165) is 15.7 Å². The monoisotopic (exact) mass is 352 g/mol. The molecule has 3 nitrogen and oxygen atoms in total. The molecule has 20 heavy (non-hydrogen) atoms. The highest BCUT2D eigenvalue weighted by molar-refractivity contribution is 9.10. The van der Waals surface area contributed by atoms with Gasteiger partial charge in [0.05, 0.1) is 5.02 Å². The minimum Gasteiger partial charge on any atom is -0.373 e. The first-order chi connectivity index (χ1) is 9.56. The molecule has 2 rings (SSSR count). The van der Waals surface area contributed by atoms with E-state index in [0.29, 0.717) is 11.4 Å². The number of anilines is 1. The highest BCUT2D eigenvalue weighted by Crippen LogP contribution is 2.26. The number of carbonyl (C=O) groups is 1. The molecule has 2 aromatic carbocycles. The van der Waals surface area contributed by atoms with Crippen LogP contribution >= 0.6 is 27.5 Å². The van der Waals surface area contributed by atoms with Gasteiger partial charge in [0.1, 0.15) is 6.04 Å². The Balaban J connectivity index is 2.13. The van der Waals surface area contributed by atoms with Gasteiger partial charge in [-0.2, -0.15) is 0 Å². The van der Waals surface area contributed by atoms with Gasteiger partial charge < -0.3 is 11.1 Å². The summed E-state index contributed by atoms with van der Waals surface area (Å²) in [4.78, 5) is 11.6. The van der Waals surface area contributed by atoms with Crippen LogP contribution in [-0.4, -0.2) is 11.9 Å². The van der Waals surface area contributed by atoms with E-state index >= 15 is 0 Å². The van der Waals surface area contributed by atoms with Crippen molar-refractivity contribution in [3.8, 4) is 0 Å². The Morgan fingerprint density at radius 3 is 2.55 bits per heavy atom. The maximum Gasteiger partial charge on any atom is 0.240 e. The first-order valence-electron chi connectivity index (χ1n) is 6.11. The summed E-state index contributed by atoms with van der Waals surface area (Å²) in [7, 11) is 0. The van der Waals surface area contributed by atoms with Gasteiger partial charge in [0.15, 0.2) is 0 Å². The van der Waals surface area contributed by atoms with Crippen LogP contribution in [-0.2, 0) is 11.2 Å². The molecule has 0 bridgehead atoms. The van der Waals surface area contributed by atoms with Gasteiger partial charge in [-0.1, -0.05) is 41.9 Å². The number of nitrogens with two attached hydrogens (primary N) is 1. The normalized spacial score (nSPS) is 11.9. The molecule has 5 heteroatoms. The van der Waals surface area contributed by atoms with Crippen molar-refractivity contribution in [1.82, 2.24) is 0 Å². The molecule has 0 aliphatic rings. The van der Waals surface area contributed by atoms with Crippen LogP contribution in [0.25, 0.3) is 0 Å². The van der Waals surface area contributed by atoms with Crippen LogP contribution in [0.1, 0.15) is 5.56 Å². The van der Waals surface area contributed by atoms with Gasteiger partial charge in [-0.05, 0) is 39.7 Å². The lowest BCUT2D eigenvalue weighted by atomic mass is 10.1. The zero-order valence-corrected chi connectivity index (χ0v) is 13.0. The standard InChI is InChI=1S/C15H14BrClN2O/c16-12-9-11(6-7-13(12)17)19-14(15(18)20)8-10-4-2-1-3-5-10/h1-7,9,14,19H,8H2,(H2,18,20). The van der Waals surface area contributed by atoms with Crippen molar-refractivity contribution in [2.45, 2.75) is 12.5 Å². The first kappa shape index (κ1) is 14.9. The van der Waals surface area contributed by atoms with Crippen LogP contribution in [0.15, 0.2) is 53.0 Å². The molecule has 0 saturated carbocycles. The summed E-state index contributed by atoms with van der Waals surface area (Å²) in [5, 5.41) is 3.75. The number of nitrogens with one attached hydrogen (secondary N) is 1. The van der Waals surface area contributed by atoms with Crippen molar-refractivity contribution in [2.24, 2.45) is 5.73 Å². The number of rotatable bonds is 5. The van der Waals surface area contributed by atoms with Crippen molar-refractivity contribution in [3.05, 3.63) is 63.6 Å². The Bertz CT molecular complexity index is 604. The number of amides is 1. The molecule has 0 aliphatic heterocycles. The third-order valence-corrected chi connectivity index (χ3v) is 4.10. The second kappa shape index (κ2) is 6.77. The molecule has 1 atom stereocenters. The summed E-state index contributed by atoms with van der Waals surface area (Å²) in [5.74, 6) is -0.389. The molecule has 0 spiro atoms. The highest BCUT2D eigenvalue weighted by atomic mass is 79.9. The van der Waals surface area contributed by atoms with Crippen molar-refractivity contribution >= 4 is 39.1 Å². The molecule has 0 aromatic heterocycles. The fourth-order valence-electron chi connectivity index (χ4n) is 1.86. The minimum absolute atomic E-state index is 0.389. The van der Waals surface area contributed by atoms with Gasteiger partial charge in [0.25, 0.3) is 0 Å². The number of hydrogen-bond acceptors (Lipinski definition) is 2. The van der Waals surface area contributed by atoms with Crippen LogP contribution in [0, 0.1) is 0 Å². The Hall–Kier alpha value is -1.52. The minimum atomic E-state index is -0.467. The first-order valence-corrected chi connectivity index (χ1v) is 7.28. The Morgan fingerprint density at radius 1 is 1.25 bits per heavy atom. The number of benzene rings is 2. The van der Waals surface area contributed by atoms with E-state index in [1.165, 1.54) is 0 Å². The second-order valence-electron chi connectivity index (χ2n) is 4.42. The molecule has 1 amide bonds. The van der Waals surface area contributed by atoms with E-state index in [1.807, 2.05) is 42.5 Å². The molecule has 0 heterocycles. The lowest BCUT2D eigenvalue weighted by molar-refractivity contribution is -0.118. The third kappa shape index (κ3) is 3.99. The molecule has 0 radical (unpaired) electrons. The summed E-state index contributed by atoms with van der Waals surface area (Å²) in [6.07, 6.45) is 0.538. The predicted molar refractivity (Wildman–Crippen MR) is 85.9 cm³/mol. The second-order valence-corrected chi connectivity index (χ2v) is 5.68. The average molecular weight is 354 g/mol. The van der Waals surface area contributed by atoms with E-state index in [-0.39, 0.29) is 5.91 Å². The smallest absolute Gasteiger partial charge is 0.240 e. The van der Waals surface area contributed by atoms with Crippen LogP contribution in [0.3, 0.4) is 0 Å². The van der Waals surface area contributed by atoms with E-state index < -0.39 is 6.04 Å². The van der Waals surface area contributed by atoms with E-state index in [1.54, 1.807) is 6.07 Å². The number of primary amides is 1. The van der Waals surface area contributed by atoms with Crippen LogP contribution < -0.4 is 11.1 Å². The number of hydrogen-bond donors (Lipinski definition) is 2. The Morgan fingerprint density at radius 2 is 1.95 bits per heavy atom. The fourth-order valence-corrected chi connectivity index (χ4v) is 2.36. The molecule has 0 saturated heterocycles. The Labute approximate surface area is 131 Å². The predicted octanol–water partition coefficient (Wildman–Crippen LogP) is 3.61. The highest BCUT2D eigenvalue weighted by Gasteiger charge is 2.16. The zero-order valence-electron chi connectivity index (χ0n) is 10.6. The van der Waals surface area contributed by atoms with Crippen molar-refractivity contribution in [3.63, 3.8) is 0 Å². The molecular weight excluding hydrogens is 340 g/mol. The molecule has 1 unspecified atom stereocenters. The van der Waals surface area contributed by atoms with E-state index in [9.17, 15) is 4.79 Å². The molecule has 3 N–H and O–H groups in total. The molecular formula is C15H14BrClN2O. The maximum absolute atomic E-state index is 11.6. The van der Waals surface area contributed by atoms with Gasteiger partial charge in [-0.25, -0.2) is 0 Å². The molecule has 2 aromatic rings. The van der Waals surface area contributed by atoms with Gasteiger partial charge in [-0.3, -0.25) is 4.79 Å². The summed E-state index contributed by atoms with van der Waals surface area (Å²) in [5.41, 5.74) is 7.31. The summed E-state index contributed by atoms with van der Waals surface area (Å²) >= 11 is 9.29. The van der Waals surface area contributed by atoms with Gasteiger partial charge in [0, 0.05) is 16.6 Å². The molecule has 104 valence electrons. The molecule has 0 fully saturated rings. The van der Waals surface area contributed by atoms with Crippen LogP contribution in [0.4, 0.5) is 5.69 Å². The zero-order chi connectivity index (χ0) is 14.5. The Kier molecular flexibility index (Phi) is 5.04. The van der Waals surface area contributed by atoms with Gasteiger partial charge in [0.2, 0.25) is 5.91 Å². The van der Waals surface area contributed by atoms with Crippen molar-refractivity contribution < 1.29 is 4.79 Å². The van der Waals surface area contributed by atoms with Gasteiger partial charge in [-0.15, -0.1) is 0 Å². The SMILES string of the molecule is NC(=O)C(Cc1ccccc1)Nc1ccc(Cl)c(Br)c1. The van der Waals surface area contributed by atoms with Crippen molar-refractivity contribution in [1.29, 1.82) is 0 Å². The summed E-state index contributed by atoms with van der Waals surface area (Å²) in [6.45, 7) is 0. The largest absolute Gasteiger partial charge is 0.373 e. The van der Waals surface area contributed by atoms with E-state index in [2.05, 4.69) is 21.2 Å². The third-order valence-electron chi connectivity index (χ3n) is 2.89. The van der Waals surface area contributed by atoms with Crippen LogP contribution in [0.2, 0.25) is 5.02 Å². The lowest BCUT2D eigenvalue weighted by Gasteiger charge is -2.17. The summed E-state index contributed by atoms with van der Waals surface area (Å²) in [6, 6.07) is 14.7. The number of carbonyl (C=O) groups excluding carboxylic acids is 1. The maximum atomic E-state index is 11.6. The fraction of sp³-hybridized carbons (Fsp3) is 0.133. The van der Waals surface area contributed by atoms with Gasteiger partial charge >= 0.3 is 0 Å². The molecule has 0 aliphatic carbocycles. The van der Waals surface area contributed by atoms with E-state index in [4.69, 9.17) is 17.3 Å². The number of halogens is 2. The quantitative estimate of drug-likeness (QED) is 0.862. The topological polar surface area (TPSA) is 55.1 Å². The summed E-state index contributed by atoms with van der Waals surface area (Å²) < 4.78 is 0.770. The lowest BCUT2D eigenvalue weighted by Crippen LogP contribution is -2.37. The van der Waals surface area contributed by atoms with Crippen molar-refractivity contribution in [2.75, 3.05) is 5.32 Å².